The number of carbonyl (C=O) groups is 1. The average molecular weight is 188 g/mol. The van der Waals surface area contributed by atoms with Crippen LogP contribution in [0.3, 0.4) is 0 Å². The van der Waals surface area contributed by atoms with Crippen molar-refractivity contribution in [1.29, 1.82) is 0 Å². The first-order chi connectivity index (χ1) is 6.70. The molecule has 1 fully saturated rings. The Morgan fingerprint density at radius 2 is 2.00 bits per heavy atom. The molecular weight excluding hydrogens is 172 g/mol. The second kappa shape index (κ2) is 3.56. The molecule has 1 aliphatic rings. The first-order valence-electron chi connectivity index (χ1n) is 5.31. The van der Waals surface area contributed by atoms with Crippen molar-refractivity contribution in [2.75, 3.05) is 0 Å². The van der Waals surface area contributed by atoms with E-state index in [2.05, 4.69) is 32.0 Å². The standard InChI is InChI=1S/C13H16O/c1-9(2)10-5-3-4-6-11(10)12-7-8-13(12)14/h3-6,9,12H,7-8H2,1-2H3. The zero-order valence-electron chi connectivity index (χ0n) is 8.79. The minimum atomic E-state index is 0.202. The summed E-state index contributed by atoms with van der Waals surface area (Å²) in [5, 5.41) is 0. The number of rotatable bonds is 2. The second-order valence-corrected chi connectivity index (χ2v) is 4.34. The van der Waals surface area contributed by atoms with Gasteiger partial charge in [0.15, 0.2) is 0 Å². The molecule has 0 saturated heterocycles. The lowest BCUT2D eigenvalue weighted by atomic mass is 9.75. The Morgan fingerprint density at radius 1 is 1.29 bits per heavy atom. The van der Waals surface area contributed by atoms with Crippen LogP contribution in [0.2, 0.25) is 0 Å². The van der Waals surface area contributed by atoms with E-state index >= 15 is 0 Å². The van der Waals surface area contributed by atoms with Crippen molar-refractivity contribution in [2.45, 2.75) is 38.5 Å². The first kappa shape index (κ1) is 9.45. The van der Waals surface area contributed by atoms with Gasteiger partial charge in [-0.15, -0.1) is 0 Å². The molecule has 0 heterocycles. The van der Waals surface area contributed by atoms with Gasteiger partial charge in [0.05, 0.1) is 0 Å². The van der Waals surface area contributed by atoms with Gasteiger partial charge in [0, 0.05) is 12.3 Å². The van der Waals surface area contributed by atoms with Crippen molar-refractivity contribution in [3.05, 3.63) is 35.4 Å². The van der Waals surface area contributed by atoms with Gasteiger partial charge >= 0.3 is 0 Å². The Hall–Kier alpha value is -1.11. The summed E-state index contributed by atoms with van der Waals surface area (Å²) in [6, 6.07) is 8.34. The third kappa shape index (κ3) is 1.47. The number of hydrogen-bond donors (Lipinski definition) is 0. The Labute approximate surface area is 85.1 Å². The predicted octanol–water partition coefficient (Wildman–Crippen LogP) is 3.26. The van der Waals surface area contributed by atoms with Gasteiger partial charge in [-0.2, -0.15) is 0 Å². The van der Waals surface area contributed by atoms with Gasteiger partial charge in [-0.25, -0.2) is 0 Å². The quantitative estimate of drug-likeness (QED) is 0.696. The second-order valence-electron chi connectivity index (χ2n) is 4.34. The van der Waals surface area contributed by atoms with E-state index in [1.165, 1.54) is 11.1 Å². The summed E-state index contributed by atoms with van der Waals surface area (Å²) in [6.45, 7) is 4.37. The summed E-state index contributed by atoms with van der Waals surface area (Å²) >= 11 is 0. The lowest BCUT2D eigenvalue weighted by Crippen LogP contribution is -2.24. The highest BCUT2D eigenvalue weighted by Crippen LogP contribution is 2.36. The molecule has 1 aromatic rings. The third-order valence-electron chi connectivity index (χ3n) is 3.06. The van der Waals surface area contributed by atoms with E-state index in [-0.39, 0.29) is 5.92 Å². The minimum Gasteiger partial charge on any atom is -0.299 e. The number of Topliss-reactive ketones (excluding diaryl/α,β-unsaturated/α-hetero) is 1. The zero-order valence-corrected chi connectivity index (χ0v) is 8.79. The molecule has 0 amide bonds. The predicted molar refractivity (Wildman–Crippen MR) is 57.5 cm³/mol. The van der Waals surface area contributed by atoms with Crippen LogP contribution < -0.4 is 0 Å². The summed E-state index contributed by atoms with van der Waals surface area (Å²) in [5.74, 6) is 1.13. The smallest absolute Gasteiger partial charge is 0.140 e. The van der Waals surface area contributed by atoms with Gasteiger partial charge in [0.25, 0.3) is 0 Å². The molecule has 0 radical (unpaired) electrons. The molecular formula is C13H16O. The Morgan fingerprint density at radius 3 is 2.50 bits per heavy atom. The highest BCUT2D eigenvalue weighted by atomic mass is 16.1. The third-order valence-corrected chi connectivity index (χ3v) is 3.06. The number of hydrogen-bond acceptors (Lipinski definition) is 1. The molecule has 14 heavy (non-hydrogen) atoms. The highest BCUT2D eigenvalue weighted by Gasteiger charge is 2.31. The van der Waals surface area contributed by atoms with Crippen LogP contribution in [0.5, 0.6) is 0 Å². The van der Waals surface area contributed by atoms with E-state index in [4.69, 9.17) is 0 Å². The van der Waals surface area contributed by atoms with Crippen LogP contribution in [0.4, 0.5) is 0 Å². The summed E-state index contributed by atoms with van der Waals surface area (Å²) in [5.41, 5.74) is 2.60. The van der Waals surface area contributed by atoms with Gasteiger partial charge in [-0.3, -0.25) is 4.79 Å². The van der Waals surface area contributed by atoms with Gasteiger partial charge in [-0.1, -0.05) is 38.1 Å². The Bertz CT molecular complexity index is 352. The van der Waals surface area contributed by atoms with Crippen LogP contribution in [0.15, 0.2) is 24.3 Å². The molecule has 1 heteroatoms. The van der Waals surface area contributed by atoms with Gasteiger partial charge in [-0.05, 0) is 23.5 Å². The van der Waals surface area contributed by atoms with Crippen molar-refractivity contribution < 1.29 is 4.79 Å². The molecule has 1 aromatic carbocycles. The number of ketones is 1. The topological polar surface area (TPSA) is 17.1 Å². The molecule has 0 N–H and O–H groups in total. The maximum atomic E-state index is 11.4. The normalized spacial score (nSPS) is 21.1. The van der Waals surface area contributed by atoms with Crippen LogP contribution in [0.25, 0.3) is 0 Å². The minimum absolute atomic E-state index is 0.202. The molecule has 1 unspecified atom stereocenters. The van der Waals surface area contributed by atoms with Crippen molar-refractivity contribution in [2.24, 2.45) is 0 Å². The van der Waals surface area contributed by atoms with Crippen LogP contribution in [0.1, 0.15) is 49.7 Å². The summed E-state index contributed by atoms with van der Waals surface area (Å²) in [6.07, 6.45) is 1.82. The van der Waals surface area contributed by atoms with E-state index in [1.807, 2.05) is 6.07 Å². The van der Waals surface area contributed by atoms with Crippen molar-refractivity contribution in [3.63, 3.8) is 0 Å². The Balaban J connectivity index is 2.36. The molecule has 0 spiro atoms. The fourth-order valence-corrected chi connectivity index (χ4v) is 2.09. The van der Waals surface area contributed by atoms with Crippen LogP contribution in [-0.4, -0.2) is 5.78 Å². The lowest BCUT2D eigenvalue weighted by Gasteiger charge is -2.27. The van der Waals surface area contributed by atoms with Crippen molar-refractivity contribution in [3.8, 4) is 0 Å². The molecule has 74 valence electrons. The van der Waals surface area contributed by atoms with Crippen molar-refractivity contribution in [1.82, 2.24) is 0 Å². The molecule has 1 atom stereocenters. The Kier molecular flexibility index (Phi) is 2.40. The number of carbonyl (C=O) groups excluding carboxylic acids is 1. The molecule has 1 nitrogen and oxygen atoms in total. The van der Waals surface area contributed by atoms with E-state index in [0.717, 1.165) is 12.8 Å². The summed E-state index contributed by atoms with van der Waals surface area (Å²) in [7, 11) is 0. The molecule has 2 rings (SSSR count). The summed E-state index contributed by atoms with van der Waals surface area (Å²) < 4.78 is 0. The molecule has 0 aliphatic heterocycles. The fraction of sp³-hybridized carbons (Fsp3) is 0.462. The van der Waals surface area contributed by atoms with Crippen LogP contribution in [-0.2, 0) is 4.79 Å². The largest absolute Gasteiger partial charge is 0.299 e. The molecule has 1 aliphatic carbocycles. The zero-order chi connectivity index (χ0) is 10.1. The lowest BCUT2D eigenvalue weighted by molar-refractivity contribution is -0.125. The van der Waals surface area contributed by atoms with E-state index in [1.54, 1.807) is 0 Å². The molecule has 1 saturated carbocycles. The van der Waals surface area contributed by atoms with Gasteiger partial charge in [0.2, 0.25) is 0 Å². The molecule has 0 aromatic heterocycles. The SMILES string of the molecule is CC(C)c1ccccc1C1CCC1=O. The number of benzene rings is 1. The fourth-order valence-electron chi connectivity index (χ4n) is 2.09. The summed E-state index contributed by atoms with van der Waals surface area (Å²) in [4.78, 5) is 11.4. The van der Waals surface area contributed by atoms with Crippen LogP contribution in [0, 0.1) is 0 Å². The van der Waals surface area contributed by atoms with Crippen LogP contribution >= 0.6 is 0 Å². The average Bonchev–Trinajstić information content (AvgIpc) is 2.16. The van der Waals surface area contributed by atoms with E-state index < -0.39 is 0 Å². The monoisotopic (exact) mass is 188 g/mol. The van der Waals surface area contributed by atoms with Gasteiger partial charge in [0.1, 0.15) is 5.78 Å². The first-order valence-corrected chi connectivity index (χ1v) is 5.31. The maximum Gasteiger partial charge on any atom is 0.140 e. The van der Waals surface area contributed by atoms with E-state index in [9.17, 15) is 4.79 Å². The van der Waals surface area contributed by atoms with Gasteiger partial charge < -0.3 is 0 Å². The van der Waals surface area contributed by atoms with E-state index in [0.29, 0.717) is 11.7 Å². The van der Waals surface area contributed by atoms with Crippen molar-refractivity contribution >= 4 is 5.78 Å². The maximum absolute atomic E-state index is 11.4. The molecule has 0 bridgehead atoms. The highest BCUT2D eigenvalue weighted by molar-refractivity contribution is 5.91.